The summed E-state index contributed by atoms with van der Waals surface area (Å²) in [5.41, 5.74) is 6.63. The third kappa shape index (κ3) is 2.41. The molecule has 4 N–H and O–H groups in total. The van der Waals surface area contributed by atoms with Gasteiger partial charge in [0, 0.05) is 5.69 Å². The van der Waals surface area contributed by atoms with Crippen LogP contribution in [-0.4, -0.2) is 17.0 Å². The van der Waals surface area contributed by atoms with Crippen molar-refractivity contribution < 1.29 is 10.0 Å². The van der Waals surface area contributed by atoms with Crippen LogP contribution in [0.1, 0.15) is 25.3 Å². The van der Waals surface area contributed by atoms with Crippen molar-refractivity contribution in [2.24, 2.45) is 22.2 Å². The second-order valence-electron chi connectivity index (χ2n) is 5.40. The van der Waals surface area contributed by atoms with Crippen molar-refractivity contribution in [1.29, 1.82) is 0 Å². The summed E-state index contributed by atoms with van der Waals surface area (Å²) in [5, 5.41) is 14.7. The molecule has 0 unspecified atom stereocenters. The number of nitrogens with zero attached hydrogens (tertiary/aromatic N) is 1. The average molecular weight is 261 g/mol. The van der Waals surface area contributed by atoms with Gasteiger partial charge in [0.15, 0.2) is 5.84 Å². The third-order valence-corrected chi connectivity index (χ3v) is 3.70. The Hall–Kier alpha value is -2.04. The minimum absolute atomic E-state index is 0.00393. The van der Waals surface area contributed by atoms with Crippen molar-refractivity contribution in [3.05, 3.63) is 29.8 Å². The predicted octanol–water partition coefficient (Wildman–Crippen LogP) is 2.10. The molecule has 0 radical (unpaired) electrons. The van der Waals surface area contributed by atoms with Crippen LogP contribution in [0.3, 0.4) is 0 Å². The van der Waals surface area contributed by atoms with E-state index in [1.807, 2.05) is 38.1 Å². The fraction of sp³-hybridized carbons (Fsp3) is 0.429. The van der Waals surface area contributed by atoms with E-state index in [1.165, 1.54) is 0 Å². The van der Waals surface area contributed by atoms with Crippen LogP contribution >= 0.6 is 0 Å². The molecule has 1 aliphatic rings. The molecule has 0 bridgehead atoms. The molecule has 1 aromatic carbocycles. The summed E-state index contributed by atoms with van der Waals surface area (Å²) in [6.07, 6.45) is 1.22. The molecule has 0 heterocycles. The molecule has 5 nitrogen and oxygen atoms in total. The molecule has 0 aliphatic heterocycles. The van der Waals surface area contributed by atoms with Crippen LogP contribution in [-0.2, 0) is 4.79 Å². The van der Waals surface area contributed by atoms with Gasteiger partial charge in [0.25, 0.3) is 0 Å². The minimum atomic E-state index is -0.863. The Bertz CT molecular complexity index is 519. The molecule has 0 saturated heterocycles. The quantitative estimate of drug-likeness (QED) is 0.337. The molecule has 19 heavy (non-hydrogen) atoms. The van der Waals surface area contributed by atoms with E-state index in [2.05, 4.69) is 10.5 Å². The Morgan fingerprint density at radius 2 is 2.21 bits per heavy atom. The number of oxime groups is 1. The number of aryl methyl sites for hydroxylation is 1. The average Bonchev–Trinajstić information content (AvgIpc) is 2.33. The molecule has 102 valence electrons. The zero-order chi connectivity index (χ0) is 14.0. The molecule has 5 heteroatoms. The second kappa shape index (κ2) is 4.91. The van der Waals surface area contributed by atoms with Gasteiger partial charge in [0.1, 0.15) is 5.41 Å². The maximum Gasteiger partial charge on any atom is 0.238 e. The van der Waals surface area contributed by atoms with Gasteiger partial charge in [-0.1, -0.05) is 24.2 Å². The van der Waals surface area contributed by atoms with Gasteiger partial charge in [-0.05, 0) is 43.4 Å². The first kappa shape index (κ1) is 13.4. The van der Waals surface area contributed by atoms with E-state index in [0.29, 0.717) is 18.8 Å². The van der Waals surface area contributed by atoms with Gasteiger partial charge in [-0.2, -0.15) is 0 Å². The van der Waals surface area contributed by atoms with Crippen LogP contribution in [0.4, 0.5) is 5.69 Å². The summed E-state index contributed by atoms with van der Waals surface area (Å²) in [7, 11) is 0. The number of rotatable bonds is 3. The van der Waals surface area contributed by atoms with Crippen molar-refractivity contribution in [3.63, 3.8) is 0 Å². The molecule has 1 saturated carbocycles. The number of benzene rings is 1. The van der Waals surface area contributed by atoms with Crippen LogP contribution < -0.4 is 11.1 Å². The first-order valence-electron chi connectivity index (χ1n) is 6.34. The van der Waals surface area contributed by atoms with Crippen molar-refractivity contribution in [3.8, 4) is 0 Å². The lowest BCUT2D eigenvalue weighted by Gasteiger charge is -2.43. The van der Waals surface area contributed by atoms with Gasteiger partial charge in [-0.25, -0.2) is 0 Å². The first-order valence-corrected chi connectivity index (χ1v) is 6.34. The van der Waals surface area contributed by atoms with Crippen molar-refractivity contribution in [1.82, 2.24) is 0 Å². The number of amides is 1. The summed E-state index contributed by atoms with van der Waals surface area (Å²) in [4.78, 5) is 12.4. The van der Waals surface area contributed by atoms with Crippen molar-refractivity contribution in [2.45, 2.75) is 26.7 Å². The van der Waals surface area contributed by atoms with Gasteiger partial charge < -0.3 is 16.3 Å². The van der Waals surface area contributed by atoms with Gasteiger partial charge in [-0.15, -0.1) is 0 Å². The molecule has 2 rings (SSSR count). The molecule has 1 fully saturated rings. The largest absolute Gasteiger partial charge is 0.409 e. The highest BCUT2D eigenvalue weighted by molar-refractivity contribution is 6.12. The van der Waals surface area contributed by atoms with E-state index in [0.717, 1.165) is 11.3 Å². The number of hydrogen-bond acceptors (Lipinski definition) is 3. The monoisotopic (exact) mass is 261 g/mol. The van der Waals surface area contributed by atoms with E-state index in [1.54, 1.807) is 0 Å². The van der Waals surface area contributed by atoms with E-state index in [9.17, 15) is 4.79 Å². The van der Waals surface area contributed by atoms with Crippen LogP contribution in [0.5, 0.6) is 0 Å². The number of nitrogens with two attached hydrogens (primary N) is 1. The molecule has 1 aromatic rings. The van der Waals surface area contributed by atoms with Gasteiger partial charge >= 0.3 is 0 Å². The van der Waals surface area contributed by atoms with E-state index in [4.69, 9.17) is 10.9 Å². The molecule has 0 atom stereocenters. The van der Waals surface area contributed by atoms with Crippen LogP contribution in [0.25, 0.3) is 0 Å². The Kier molecular flexibility index (Phi) is 3.46. The number of carbonyl (C=O) groups is 1. The predicted molar refractivity (Wildman–Crippen MR) is 74.0 cm³/mol. The fourth-order valence-electron chi connectivity index (χ4n) is 2.71. The normalized spacial score (nSPS) is 26.6. The van der Waals surface area contributed by atoms with Gasteiger partial charge in [0.05, 0.1) is 0 Å². The van der Waals surface area contributed by atoms with E-state index < -0.39 is 5.41 Å². The Labute approximate surface area is 112 Å². The summed E-state index contributed by atoms with van der Waals surface area (Å²) >= 11 is 0. The zero-order valence-electron chi connectivity index (χ0n) is 11.2. The molecule has 1 aliphatic carbocycles. The topological polar surface area (TPSA) is 87.7 Å². The first-order chi connectivity index (χ1) is 8.98. The lowest BCUT2D eigenvalue weighted by Crippen LogP contribution is -2.54. The molecular formula is C14H19N3O2. The highest BCUT2D eigenvalue weighted by atomic mass is 16.4. The van der Waals surface area contributed by atoms with E-state index >= 15 is 0 Å². The summed E-state index contributed by atoms with van der Waals surface area (Å²) in [6.45, 7) is 4.00. The minimum Gasteiger partial charge on any atom is -0.409 e. The lowest BCUT2D eigenvalue weighted by molar-refractivity contribution is -0.127. The van der Waals surface area contributed by atoms with Crippen LogP contribution in [0.15, 0.2) is 29.4 Å². The van der Waals surface area contributed by atoms with Crippen LogP contribution in [0.2, 0.25) is 0 Å². The number of amidine groups is 1. The Morgan fingerprint density at radius 1 is 1.53 bits per heavy atom. The highest BCUT2D eigenvalue weighted by Crippen LogP contribution is 2.46. The highest BCUT2D eigenvalue weighted by Gasteiger charge is 2.52. The standard InChI is InChI=1S/C14H19N3O2/c1-9-4-3-5-11(6-9)16-13(18)14(12(15)17-19)7-10(2)8-14/h3-6,10,19H,7-8H2,1-2H3,(H2,15,17)(H,16,18). The number of nitrogens with one attached hydrogen (secondary N) is 1. The number of anilines is 1. The molecule has 0 spiro atoms. The SMILES string of the molecule is Cc1cccc(NC(=O)C2(/C(N)=N/O)CC(C)C2)c1. The third-order valence-electron chi connectivity index (χ3n) is 3.70. The zero-order valence-corrected chi connectivity index (χ0v) is 11.2. The Balaban J connectivity index is 2.18. The summed E-state index contributed by atoms with van der Waals surface area (Å²) in [6, 6.07) is 7.55. The number of hydrogen-bond donors (Lipinski definition) is 3. The fourth-order valence-corrected chi connectivity index (χ4v) is 2.71. The summed E-state index contributed by atoms with van der Waals surface area (Å²) in [5.74, 6) is 0.200. The molecule has 0 aromatic heterocycles. The van der Waals surface area contributed by atoms with Crippen molar-refractivity contribution in [2.75, 3.05) is 5.32 Å². The molecular weight excluding hydrogens is 242 g/mol. The van der Waals surface area contributed by atoms with Gasteiger partial charge in [0.2, 0.25) is 5.91 Å². The van der Waals surface area contributed by atoms with Gasteiger partial charge in [-0.3, -0.25) is 4.79 Å². The maximum absolute atomic E-state index is 12.4. The van der Waals surface area contributed by atoms with E-state index in [-0.39, 0.29) is 11.7 Å². The second-order valence-corrected chi connectivity index (χ2v) is 5.40. The van der Waals surface area contributed by atoms with Crippen LogP contribution in [0, 0.1) is 18.3 Å². The maximum atomic E-state index is 12.4. The smallest absolute Gasteiger partial charge is 0.238 e. The van der Waals surface area contributed by atoms with Crippen molar-refractivity contribution >= 4 is 17.4 Å². The lowest BCUT2D eigenvalue weighted by atomic mass is 9.61. The summed E-state index contributed by atoms with van der Waals surface area (Å²) < 4.78 is 0. The Morgan fingerprint density at radius 3 is 2.74 bits per heavy atom. The number of carbonyl (C=O) groups excluding carboxylic acids is 1. The molecule has 1 amide bonds.